The Kier molecular flexibility index (Phi) is 6.54. The van der Waals surface area contributed by atoms with Gasteiger partial charge in [-0.15, -0.1) is 0 Å². The van der Waals surface area contributed by atoms with E-state index in [1.165, 1.54) is 17.0 Å². The molecule has 2 aromatic carbocycles. The summed E-state index contributed by atoms with van der Waals surface area (Å²) in [5, 5.41) is 10.7. The quantitative estimate of drug-likeness (QED) is 0.508. The standard InChI is InChI=1S/C18H19N3O4.ClH/c1-25-17-8-2-14(3-9-17)18(22)20-12-10-19(11-13-20)15-4-6-16(7-5-15)21(23)24;/h2-9H,10-13H2,1H3;1H. The molecule has 0 atom stereocenters. The number of carbonyl (C=O) groups is 1. The van der Waals surface area contributed by atoms with Crippen molar-refractivity contribution in [3.05, 3.63) is 64.2 Å². The number of piperazine rings is 1. The lowest BCUT2D eigenvalue weighted by molar-refractivity contribution is -0.837. The van der Waals surface area contributed by atoms with E-state index in [9.17, 15) is 14.9 Å². The molecule has 3 rings (SSSR count). The number of hydrogen-bond acceptors (Lipinski definition) is 4. The summed E-state index contributed by atoms with van der Waals surface area (Å²) in [5.41, 5.74) is 1.76. The molecule has 0 radical (unpaired) electrons. The van der Waals surface area contributed by atoms with E-state index in [1.54, 1.807) is 43.5 Å². The summed E-state index contributed by atoms with van der Waals surface area (Å²) in [6.45, 7) is 2.85. The number of nitrogens with one attached hydrogen (secondary N) is 1. The molecule has 1 N–H and O–H groups in total. The molecule has 1 fully saturated rings. The van der Waals surface area contributed by atoms with E-state index in [4.69, 9.17) is 4.74 Å². The Morgan fingerprint density at radius 1 is 1.08 bits per heavy atom. The van der Waals surface area contributed by atoms with Crippen LogP contribution >= 0.6 is 0 Å². The average molecular weight is 378 g/mol. The Labute approximate surface area is 157 Å². The van der Waals surface area contributed by atoms with Crippen molar-refractivity contribution in [2.75, 3.05) is 33.3 Å². The first kappa shape index (κ1) is 19.7. The van der Waals surface area contributed by atoms with E-state index < -0.39 is 4.92 Å². The predicted molar refractivity (Wildman–Crippen MR) is 92.4 cm³/mol. The second-order valence-electron chi connectivity index (χ2n) is 5.93. The number of benzene rings is 2. The summed E-state index contributed by atoms with van der Waals surface area (Å²) in [7, 11) is 1.59. The fourth-order valence-corrected chi connectivity index (χ4v) is 3.00. The number of carbonyl (C=O) groups excluding carboxylic acids is 1. The Bertz CT molecular complexity index is 757. The molecular weight excluding hydrogens is 358 g/mol. The number of rotatable bonds is 4. The predicted octanol–water partition coefficient (Wildman–Crippen LogP) is -1.72. The van der Waals surface area contributed by atoms with Crippen LogP contribution in [0.5, 0.6) is 5.75 Å². The molecule has 2 aromatic rings. The fourth-order valence-electron chi connectivity index (χ4n) is 3.00. The smallest absolute Gasteiger partial charge is 0.269 e. The summed E-state index contributed by atoms with van der Waals surface area (Å²) < 4.78 is 5.11. The van der Waals surface area contributed by atoms with Gasteiger partial charge in [-0.1, -0.05) is 0 Å². The topological polar surface area (TPSA) is 77.1 Å². The number of nitro groups is 1. The number of nitro benzene ring substituents is 1. The SMILES string of the molecule is COc1ccc(C(=O)N2CC[NH+](c3ccc([N+](=O)[O-])cc3)CC2)cc1.[Cl-]. The van der Waals surface area contributed by atoms with Crippen molar-refractivity contribution in [1.29, 1.82) is 0 Å². The van der Waals surface area contributed by atoms with Crippen LogP contribution in [0.4, 0.5) is 11.4 Å². The normalized spacial score (nSPS) is 14.4. The maximum atomic E-state index is 12.6. The van der Waals surface area contributed by atoms with E-state index in [0.29, 0.717) is 18.7 Å². The highest BCUT2D eigenvalue weighted by Crippen LogP contribution is 2.15. The van der Waals surface area contributed by atoms with Crippen LogP contribution in [0.2, 0.25) is 0 Å². The number of nitrogens with zero attached hydrogens (tertiary/aromatic N) is 2. The molecule has 138 valence electrons. The van der Waals surface area contributed by atoms with Gasteiger partial charge in [-0.25, -0.2) is 0 Å². The van der Waals surface area contributed by atoms with Gasteiger partial charge in [0.25, 0.3) is 11.6 Å². The second kappa shape index (κ2) is 8.64. The third kappa shape index (κ3) is 4.30. The molecule has 1 amide bonds. The number of ether oxygens (including phenoxy) is 1. The molecule has 1 saturated heterocycles. The van der Waals surface area contributed by atoms with Crippen LogP contribution in [0.3, 0.4) is 0 Å². The number of quaternary nitrogens is 1. The van der Waals surface area contributed by atoms with E-state index >= 15 is 0 Å². The molecule has 0 aromatic heterocycles. The van der Waals surface area contributed by atoms with Gasteiger partial charge in [-0.3, -0.25) is 19.8 Å². The molecule has 26 heavy (non-hydrogen) atoms. The molecule has 0 bridgehead atoms. The van der Waals surface area contributed by atoms with E-state index in [2.05, 4.69) is 0 Å². The van der Waals surface area contributed by atoms with Crippen LogP contribution in [0.25, 0.3) is 0 Å². The van der Waals surface area contributed by atoms with Gasteiger partial charge in [0, 0.05) is 29.8 Å². The van der Waals surface area contributed by atoms with Crippen LogP contribution in [-0.4, -0.2) is 49.0 Å². The first-order chi connectivity index (χ1) is 12.1. The zero-order chi connectivity index (χ0) is 17.8. The number of halogens is 1. The zero-order valence-electron chi connectivity index (χ0n) is 14.4. The highest BCUT2D eigenvalue weighted by Gasteiger charge is 2.26. The van der Waals surface area contributed by atoms with Crippen LogP contribution in [-0.2, 0) is 0 Å². The van der Waals surface area contributed by atoms with Crippen molar-refractivity contribution >= 4 is 17.3 Å². The van der Waals surface area contributed by atoms with Crippen molar-refractivity contribution in [1.82, 2.24) is 4.90 Å². The molecule has 1 aliphatic heterocycles. The molecular formula is C18H20ClN3O4. The first-order valence-corrected chi connectivity index (χ1v) is 8.11. The number of methoxy groups -OCH3 is 1. The molecule has 1 heterocycles. The molecule has 7 nitrogen and oxygen atoms in total. The Morgan fingerprint density at radius 3 is 2.15 bits per heavy atom. The Morgan fingerprint density at radius 2 is 1.65 bits per heavy atom. The average Bonchev–Trinajstić information content (AvgIpc) is 2.67. The van der Waals surface area contributed by atoms with E-state index in [0.717, 1.165) is 24.5 Å². The van der Waals surface area contributed by atoms with Gasteiger partial charge in [-0.05, 0) is 24.3 Å². The Balaban J connectivity index is 0.00000243. The summed E-state index contributed by atoms with van der Waals surface area (Å²) in [6.07, 6.45) is 0. The third-order valence-corrected chi connectivity index (χ3v) is 4.48. The van der Waals surface area contributed by atoms with E-state index in [1.807, 2.05) is 4.90 Å². The zero-order valence-corrected chi connectivity index (χ0v) is 15.1. The van der Waals surface area contributed by atoms with Crippen LogP contribution in [0.15, 0.2) is 48.5 Å². The van der Waals surface area contributed by atoms with Gasteiger partial charge in [-0.2, -0.15) is 0 Å². The highest BCUT2D eigenvalue weighted by atomic mass is 35.5. The molecule has 0 spiro atoms. The van der Waals surface area contributed by atoms with E-state index in [-0.39, 0.29) is 24.0 Å². The minimum atomic E-state index is -0.398. The molecule has 0 saturated carbocycles. The largest absolute Gasteiger partial charge is 1.00 e. The summed E-state index contributed by atoms with van der Waals surface area (Å²) in [6, 6.07) is 13.7. The minimum Gasteiger partial charge on any atom is -1.00 e. The monoisotopic (exact) mass is 377 g/mol. The van der Waals surface area contributed by atoms with Crippen molar-refractivity contribution in [3.63, 3.8) is 0 Å². The summed E-state index contributed by atoms with van der Waals surface area (Å²) >= 11 is 0. The lowest BCUT2D eigenvalue weighted by atomic mass is 10.1. The van der Waals surface area contributed by atoms with Crippen LogP contribution < -0.4 is 22.0 Å². The molecule has 1 aliphatic rings. The van der Waals surface area contributed by atoms with Crippen molar-refractivity contribution in [2.45, 2.75) is 0 Å². The fraction of sp³-hybridized carbons (Fsp3) is 0.278. The van der Waals surface area contributed by atoms with Gasteiger partial charge >= 0.3 is 0 Å². The van der Waals surface area contributed by atoms with Crippen molar-refractivity contribution in [3.8, 4) is 5.75 Å². The molecule has 8 heteroatoms. The minimum absolute atomic E-state index is 0. The van der Waals surface area contributed by atoms with Gasteiger partial charge in [0.1, 0.15) is 11.4 Å². The van der Waals surface area contributed by atoms with Crippen LogP contribution in [0, 0.1) is 10.1 Å². The third-order valence-electron chi connectivity index (χ3n) is 4.48. The van der Waals surface area contributed by atoms with Gasteiger partial charge in [0.05, 0.1) is 38.2 Å². The van der Waals surface area contributed by atoms with Gasteiger partial charge in [0.2, 0.25) is 0 Å². The Hall–Kier alpha value is -2.64. The molecule has 0 aliphatic carbocycles. The first-order valence-electron chi connectivity index (χ1n) is 8.11. The van der Waals surface area contributed by atoms with Crippen LogP contribution in [0.1, 0.15) is 10.4 Å². The maximum Gasteiger partial charge on any atom is 0.269 e. The van der Waals surface area contributed by atoms with Gasteiger partial charge < -0.3 is 22.0 Å². The summed E-state index contributed by atoms with van der Waals surface area (Å²) in [4.78, 5) is 26.0. The number of non-ortho nitro benzene ring substituents is 1. The second-order valence-corrected chi connectivity index (χ2v) is 5.93. The number of amides is 1. The summed E-state index contributed by atoms with van der Waals surface area (Å²) in [5.74, 6) is 0.745. The van der Waals surface area contributed by atoms with Crippen molar-refractivity contribution in [2.24, 2.45) is 0 Å². The lowest BCUT2D eigenvalue weighted by Gasteiger charge is -2.32. The molecule has 0 unspecified atom stereocenters. The lowest BCUT2D eigenvalue weighted by Crippen LogP contribution is -3.10. The van der Waals surface area contributed by atoms with Gasteiger partial charge in [0.15, 0.2) is 0 Å². The highest BCUT2D eigenvalue weighted by molar-refractivity contribution is 5.94. The van der Waals surface area contributed by atoms with Crippen molar-refractivity contribution < 1.29 is 31.8 Å². The maximum absolute atomic E-state index is 12.6. The number of hydrogen-bond donors (Lipinski definition) is 1.